The molecule has 0 fully saturated rings. The number of sulfone groups is 1. The van der Waals surface area contributed by atoms with E-state index in [2.05, 4.69) is 49.9 Å². The Balaban J connectivity index is 1.56. The van der Waals surface area contributed by atoms with Crippen molar-refractivity contribution in [3.63, 3.8) is 0 Å². The van der Waals surface area contributed by atoms with Crippen LogP contribution >= 0.6 is 0 Å². The molecule has 8 nitrogen and oxygen atoms in total. The van der Waals surface area contributed by atoms with Crippen LogP contribution in [-0.4, -0.2) is 70.7 Å². The number of anilines is 3. The van der Waals surface area contributed by atoms with Crippen LogP contribution in [0.4, 0.5) is 17.1 Å². The summed E-state index contributed by atoms with van der Waals surface area (Å²) in [4.78, 5) is 6.54. The van der Waals surface area contributed by atoms with Gasteiger partial charge in [0.2, 0.25) is 0 Å². The maximum Gasteiger partial charge on any atom is 0.181 e. The van der Waals surface area contributed by atoms with E-state index in [4.69, 9.17) is 10.5 Å². The molecule has 1 aliphatic heterocycles. The number of hydrogen-bond acceptors (Lipinski definition) is 8. The predicted octanol–water partition coefficient (Wildman–Crippen LogP) is 7.94. The fraction of sp³-hybridized carbons (Fsp3) is 0.561. The molecule has 0 amide bonds. The third-order valence-electron chi connectivity index (χ3n) is 10.1. The molecule has 0 spiro atoms. The van der Waals surface area contributed by atoms with Gasteiger partial charge in [-0.25, -0.2) is 8.42 Å². The Morgan fingerprint density at radius 3 is 2.20 bits per heavy atom. The van der Waals surface area contributed by atoms with Gasteiger partial charge in [0.15, 0.2) is 9.84 Å². The van der Waals surface area contributed by atoms with Crippen molar-refractivity contribution in [3.8, 4) is 5.75 Å². The maximum atomic E-state index is 14.2. The number of unbranched alkanes of at least 4 members (excludes halogenated alkanes) is 3. The highest BCUT2D eigenvalue weighted by atomic mass is 32.2. The van der Waals surface area contributed by atoms with Crippen LogP contribution in [0.3, 0.4) is 0 Å². The van der Waals surface area contributed by atoms with Gasteiger partial charge < -0.3 is 30.3 Å². The van der Waals surface area contributed by atoms with Crippen LogP contribution in [-0.2, 0) is 22.9 Å². The molecule has 3 aromatic rings. The molecule has 0 aromatic heterocycles. The fourth-order valence-electron chi connectivity index (χ4n) is 7.23. The summed E-state index contributed by atoms with van der Waals surface area (Å²) in [7, 11) is 0.178. The highest BCUT2D eigenvalue weighted by Crippen LogP contribution is 2.49. The summed E-state index contributed by atoms with van der Waals surface area (Å²) in [5.74, 6) is 0.585. The van der Waals surface area contributed by atoms with Gasteiger partial charge in [0, 0.05) is 50.0 Å². The standard InChI is InChI=1S/C41H62N4O4S/c1-6-9-23-41(24-10-7-2)32-50(47,48)39-22-21-35(43(4)5)30-38(39)45(40(41)46)36-15-13-16-37(29-36)49-31-34-19-17-33(18-20-34)14-11-12-27-44(26-8-3)28-25-42/h13,15-22,29-30,40,46H,6-12,14,23-28,31-32,42H2,1-5H3. The molecule has 1 atom stereocenters. The predicted molar refractivity (Wildman–Crippen MR) is 208 cm³/mol. The molecular formula is C41H62N4O4S. The molecule has 3 N–H and O–H groups in total. The van der Waals surface area contributed by atoms with E-state index < -0.39 is 21.5 Å². The quantitative estimate of drug-likeness (QED) is 0.114. The van der Waals surface area contributed by atoms with Crippen LogP contribution in [0.1, 0.15) is 89.7 Å². The van der Waals surface area contributed by atoms with Gasteiger partial charge >= 0.3 is 0 Å². The number of rotatable bonds is 20. The third-order valence-corrected chi connectivity index (χ3v) is 12.0. The van der Waals surface area contributed by atoms with E-state index in [-0.39, 0.29) is 10.6 Å². The maximum absolute atomic E-state index is 14.2. The molecular weight excluding hydrogens is 645 g/mol. The van der Waals surface area contributed by atoms with Gasteiger partial charge in [0.1, 0.15) is 18.6 Å². The van der Waals surface area contributed by atoms with Gasteiger partial charge in [0.05, 0.1) is 16.3 Å². The largest absolute Gasteiger partial charge is 0.489 e. The minimum atomic E-state index is -3.70. The van der Waals surface area contributed by atoms with E-state index in [9.17, 15) is 13.5 Å². The van der Waals surface area contributed by atoms with E-state index in [1.807, 2.05) is 60.3 Å². The average Bonchev–Trinajstić information content (AvgIpc) is 3.17. The van der Waals surface area contributed by atoms with E-state index in [0.717, 1.165) is 82.3 Å². The van der Waals surface area contributed by atoms with Crippen LogP contribution in [0.5, 0.6) is 5.75 Å². The molecule has 50 heavy (non-hydrogen) atoms. The van der Waals surface area contributed by atoms with Gasteiger partial charge in [-0.1, -0.05) is 76.8 Å². The number of nitrogens with two attached hydrogens (primary N) is 1. The van der Waals surface area contributed by atoms with Gasteiger partial charge in [-0.05, 0) is 93.1 Å². The molecule has 0 saturated heterocycles. The zero-order chi connectivity index (χ0) is 36.1. The van der Waals surface area contributed by atoms with Crippen LogP contribution in [0, 0.1) is 5.41 Å². The van der Waals surface area contributed by atoms with E-state index in [0.29, 0.717) is 43.1 Å². The topological polar surface area (TPSA) is 99.3 Å². The van der Waals surface area contributed by atoms with Gasteiger partial charge in [-0.3, -0.25) is 0 Å². The van der Waals surface area contributed by atoms with Crippen LogP contribution in [0.15, 0.2) is 71.6 Å². The average molecular weight is 707 g/mol. The van der Waals surface area contributed by atoms with Crippen molar-refractivity contribution >= 4 is 26.9 Å². The van der Waals surface area contributed by atoms with Crippen molar-refractivity contribution in [2.24, 2.45) is 11.1 Å². The van der Waals surface area contributed by atoms with Crippen molar-refractivity contribution in [1.29, 1.82) is 0 Å². The molecule has 0 bridgehead atoms. The number of nitrogens with zero attached hydrogens (tertiary/aromatic N) is 3. The Kier molecular flexibility index (Phi) is 15.0. The third kappa shape index (κ3) is 10.2. The molecule has 276 valence electrons. The summed E-state index contributed by atoms with van der Waals surface area (Å²) >= 11 is 0. The SMILES string of the molecule is CCCCC1(CCCC)CS(=O)(=O)c2ccc(N(C)C)cc2N(c2cccc(OCc3ccc(CCCCN(CCC)CCN)cc3)c2)C1O. The number of ether oxygens (including phenoxy) is 1. The second kappa shape index (κ2) is 18.9. The molecule has 3 aromatic carbocycles. The molecule has 0 radical (unpaired) electrons. The second-order valence-electron chi connectivity index (χ2n) is 14.3. The lowest BCUT2D eigenvalue weighted by Crippen LogP contribution is -2.48. The van der Waals surface area contributed by atoms with Crippen molar-refractivity contribution in [3.05, 3.63) is 77.9 Å². The van der Waals surface area contributed by atoms with Crippen molar-refractivity contribution in [1.82, 2.24) is 4.90 Å². The lowest BCUT2D eigenvalue weighted by molar-refractivity contribution is 0.0295. The van der Waals surface area contributed by atoms with E-state index in [1.165, 1.54) is 5.56 Å². The monoisotopic (exact) mass is 706 g/mol. The molecule has 1 heterocycles. The number of hydrogen-bond donors (Lipinski definition) is 2. The second-order valence-corrected chi connectivity index (χ2v) is 16.3. The number of benzene rings is 3. The zero-order valence-corrected chi connectivity index (χ0v) is 32.1. The Labute approximate surface area is 302 Å². The lowest BCUT2D eigenvalue weighted by Gasteiger charge is -2.42. The van der Waals surface area contributed by atoms with Crippen molar-refractivity contribution in [2.45, 2.75) is 103 Å². The summed E-state index contributed by atoms with van der Waals surface area (Å²) < 4.78 is 34.6. The molecule has 0 saturated carbocycles. The Morgan fingerprint density at radius 1 is 0.860 bits per heavy atom. The summed E-state index contributed by atoms with van der Waals surface area (Å²) in [6, 6.07) is 21.8. The first-order valence-electron chi connectivity index (χ1n) is 18.8. The number of fused-ring (bicyclic) bond motifs is 1. The van der Waals surface area contributed by atoms with Crippen LogP contribution in [0.25, 0.3) is 0 Å². The minimum Gasteiger partial charge on any atom is -0.489 e. The van der Waals surface area contributed by atoms with Gasteiger partial charge in [-0.2, -0.15) is 0 Å². The number of aliphatic hydroxyl groups is 1. The highest BCUT2D eigenvalue weighted by Gasteiger charge is 2.48. The van der Waals surface area contributed by atoms with Crippen LogP contribution < -0.4 is 20.3 Å². The van der Waals surface area contributed by atoms with Crippen molar-refractivity contribution < 1.29 is 18.3 Å². The first kappa shape index (κ1) is 39.7. The summed E-state index contributed by atoms with van der Waals surface area (Å²) in [6.45, 7) is 10.7. The minimum absolute atomic E-state index is 0.0796. The summed E-state index contributed by atoms with van der Waals surface area (Å²) in [6.07, 6.45) is 8.29. The summed E-state index contributed by atoms with van der Waals surface area (Å²) in [5, 5.41) is 12.5. The van der Waals surface area contributed by atoms with Crippen LogP contribution in [0.2, 0.25) is 0 Å². The van der Waals surface area contributed by atoms with Gasteiger partial charge in [0.25, 0.3) is 0 Å². The van der Waals surface area contributed by atoms with E-state index >= 15 is 0 Å². The molecule has 0 aliphatic carbocycles. The molecule has 9 heteroatoms. The van der Waals surface area contributed by atoms with Crippen molar-refractivity contribution in [2.75, 3.05) is 55.8 Å². The number of aliphatic hydroxyl groups excluding tert-OH is 1. The first-order valence-corrected chi connectivity index (χ1v) is 20.5. The normalized spacial score (nSPS) is 16.6. The molecule has 1 unspecified atom stereocenters. The summed E-state index contributed by atoms with van der Waals surface area (Å²) in [5.41, 5.74) is 9.44. The Bertz CT molecular complexity index is 1560. The smallest absolute Gasteiger partial charge is 0.181 e. The van der Waals surface area contributed by atoms with Gasteiger partial charge in [-0.15, -0.1) is 0 Å². The number of aryl methyl sites for hydroxylation is 1. The molecule has 4 rings (SSSR count). The Morgan fingerprint density at radius 2 is 1.56 bits per heavy atom. The first-order chi connectivity index (χ1) is 24.1. The zero-order valence-electron chi connectivity index (χ0n) is 31.2. The molecule has 1 aliphatic rings. The fourth-order valence-corrected chi connectivity index (χ4v) is 9.33. The lowest BCUT2D eigenvalue weighted by atomic mass is 9.77. The Hall–Kier alpha value is -3.11. The highest BCUT2D eigenvalue weighted by molar-refractivity contribution is 7.91. The van der Waals surface area contributed by atoms with E-state index in [1.54, 1.807) is 6.07 Å².